The molecule has 29 heavy (non-hydrogen) atoms. The van der Waals surface area contributed by atoms with Gasteiger partial charge in [-0.25, -0.2) is 4.68 Å². The fourth-order valence-corrected chi connectivity index (χ4v) is 2.61. The van der Waals surface area contributed by atoms with E-state index in [-0.39, 0.29) is 5.91 Å². The van der Waals surface area contributed by atoms with Gasteiger partial charge in [0.25, 0.3) is 11.8 Å². The summed E-state index contributed by atoms with van der Waals surface area (Å²) in [5.41, 5.74) is 3.65. The molecule has 2 amide bonds. The Morgan fingerprint density at radius 2 is 1.62 bits per heavy atom. The van der Waals surface area contributed by atoms with Crippen molar-refractivity contribution in [2.45, 2.75) is 13.8 Å². The molecule has 9 heteroatoms. The van der Waals surface area contributed by atoms with Crippen molar-refractivity contribution in [3.8, 4) is 11.5 Å². The molecule has 9 nitrogen and oxygen atoms in total. The second kappa shape index (κ2) is 9.36. The van der Waals surface area contributed by atoms with Crippen LogP contribution < -0.4 is 20.2 Å². The third-order valence-electron chi connectivity index (χ3n) is 3.87. The highest BCUT2D eigenvalue weighted by Gasteiger charge is 2.16. The van der Waals surface area contributed by atoms with Crippen molar-refractivity contribution >= 4 is 17.5 Å². The summed E-state index contributed by atoms with van der Waals surface area (Å²) < 4.78 is 12.4. The standard InChI is InChI=1S/C20H21N5O4/c1-3-28-17-10-9-14(11-18(17)29-4-2)19(26)23-16-8-6-5-7-15(16)20(27)24-25-12-21-22-13-25/h5-13H,3-4H2,1-2H3,(H,23,26)(H,24,27). The molecular weight excluding hydrogens is 374 g/mol. The molecule has 0 unspecified atom stereocenters. The first kappa shape index (κ1) is 19.9. The monoisotopic (exact) mass is 395 g/mol. The number of rotatable bonds is 8. The van der Waals surface area contributed by atoms with Crippen LogP contribution in [0.25, 0.3) is 0 Å². The van der Waals surface area contributed by atoms with Gasteiger partial charge < -0.3 is 14.8 Å². The minimum atomic E-state index is -0.414. The molecule has 0 radical (unpaired) electrons. The number of nitrogens with zero attached hydrogens (tertiary/aromatic N) is 3. The van der Waals surface area contributed by atoms with Gasteiger partial charge in [0.2, 0.25) is 0 Å². The van der Waals surface area contributed by atoms with E-state index in [9.17, 15) is 9.59 Å². The van der Waals surface area contributed by atoms with Gasteiger partial charge in [0.1, 0.15) is 12.7 Å². The topological polar surface area (TPSA) is 107 Å². The van der Waals surface area contributed by atoms with Crippen molar-refractivity contribution in [2.24, 2.45) is 0 Å². The Labute approximate surface area is 167 Å². The first-order chi connectivity index (χ1) is 14.1. The summed E-state index contributed by atoms with van der Waals surface area (Å²) in [4.78, 5) is 25.3. The SMILES string of the molecule is CCOc1ccc(C(=O)Nc2ccccc2C(=O)Nn2cnnc2)cc1OCC. The summed E-state index contributed by atoms with van der Waals surface area (Å²) in [7, 11) is 0. The molecule has 0 fully saturated rings. The molecule has 0 aliphatic rings. The molecule has 0 aliphatic carbocycles. The minimum Gasteiger partial charge on any atom is -0.490 e. The van der Waals surface area contributed by atoms with Crippen LogP contribution in [0, 0.1) is 0 Å². The zero-order valence-corrected chi connectivity index (χ0v) is 16.1. The molecule has 0 aliphatic heterocycles. The van der Waals surface area contributed by atoms with Crippen molar-refractivity contribution in [1.29, 1.82) is 0 Å². The van der Waals surface area contributed by atoms with Crippen molar-refractivity contribution in [1.82, 2.24) is 14.9 Å². The van der Waals surface area contributed by atoms with Gasteiger partial charge in [-0.15, -0.1) is 10.2 Å². The lowest BCUT2D eigenvalue weighted by Gasteiger charge is -2.14. The van der Waals surface area contributed by atoms with Crippen LogP contribution in [0.3, 0.4) is 0 Å². The van der Waals surface area contributed by atoms with Crippen LogP contribution in [-0.2, 0) is 0 Å². The van der Waals surface area contributed by atoms with Crippen molar-refractivity contribution in [3.63, 3.8) is 0 Å². The van der Waals surface area contributed by atoms with Crippen LogP contribution in [0.4, 0.5) is 5.69 Å². The number of amides is 2. The van der Waals surface area contributed by atoms with Gasteiger partial charge in [0, 0.05) is 5.56 Å². The summed E-state index contributed by atoms with van der Waals surface area (Å²) in [6.45, 7) is 4.66. The Morgan fingerprint density at radius 3 is 2.34 bits per heavy atom. The fraction of sp³-hybridized carbons (Fsp3) is 0.200. The molecule has 2 aromatic carbocycles. The highest BCUT2D eigenvalue weighted by molar-refractivity contribution is 6.10. The van der Waals surface area contributed by atoms with Crippen LogP contribution in [0.2, 0.25) is 0 Å². The summed E-state index contributed by atoms with van der Waals surface area (Å²) >= 11 is 0. The number of nitrogens with one attached hydrogen (secondary N) is 2. The molecule has 0 saturated carbocycles. The molecule has 150 valence electrons. The average molecular weight is 395 g/mol. The number of aromatic nitrogens is 3. The van der Waals surface area contributed by atoms with Gasteiger partial charge >= 0.3 is 0 Å². The van der Waals surface area contributed by atoms with E-state index in [2.05, 4.69) is 20.9 Å². The average Bonchev–Trinajstić information content (AvgIpc) is 3.23. The number of hydrogen-bond donors (Lipinski definition) is 2. The van der Waals surface area contributed by atoms with Gasteiger partial charge in [0.15, 0.2) is 11.5 Å². The van der Waals surface area contributed by atoms with Crippen molar-refractivity contribution in [3.05, 3.63) is 66.2 Å². The van der Waals surface area contributed by atoms with E-state index < -0.39 is 5.91 Å². The zero-order valence-electron chi connectivity index (χ0n) is 16.1. The van der Waals surface area contributed by atoms with Gasteiger partial charge in [-0.2, -0.15) is 0 Å². The maximum atomic E-state index is 12.8. The van der Waals surface area contributed by atoms with Gasteiger partial charge in [-0.05, 0) is 44.2 Å². The molecule has 0 atom stereocenters. The Balaban J connectivity index is 1.80. The first-order valence-corrected chi connectivity index (χ1v) is 9.08. The van der Waals surface area contributed by atoms with Crippen molar-refractivity contribution in [2.75, 3.05) is 24.0 Å². The summed E-state index contributed by atoms with van der Waals surface area (Å²) in [6.07, 6.45) is 2.71. The van der Waals surface area contributed by atoms with Gasteiger partial charge in [-0.3, -0.25) is 15.0 Å². The maximum absolute atomic E-state index is 12.8. The molecule has 1 aromatic heterocycles. The second-order valence-corrected chi connectivity index (χ2v) is 5.84. The smallest absolute Gasteiger partial charge is 0.272 e. The van der Waals surface area contributed by atoms with Gasteiger partial charge in [-0.1, -0.05) is 12.1 Å². The Bertz CT molecular complexity index is 988. The molecule has 2 N–H and O–H groups in total. The summed E-state index contributed by atoms with van der Waals surface area (Å²) in [5.74, 6) is 0.265. The van der Waals surface area contributed by atoms with Crippen molar-refractivity contribution < 1.29 is 19.1 Å². The number of hydrogen-bond acceptors (Lipinski definition) is 6. The number of benzene rings is 2. The van der Waals surface area contributed by atoms with Crippen LogP contribution >= 0.6 is 0 Å². The van der Waals surface area contributed by atoms with Crippen LogP contribution in [-0.4, -0.2) is 39.9 Å². The van der Waals surface area contributed by atoms with E-state index in [1.165, 1.54) is 17.3 Å². The predicted molar refractivity (Wildman–Crippen MR) is 107 cm³/mol. The normalized spacial score (nSPS) is 10.3. The molecule has 1 heterocycles. The van der Waals surface area contributed by atoms with E-state index in [1.807, 2.05) is 13.8 Å². The lowest BCUT2D eigenvalue weighted by molar-refractivity contribution is 0.101. The van der Waals surface area contributed by atoms with E-state index in [0.717, 1.165) is 0 Å². The molecular formula is C20H21N5O4. The maximum Gasteiger partial charge on any atom is 0.272 e. The molecule has 3 rings (SSSR count). The predicted octanol–water partition coefficient (Wildman–Crippen LogP) is 2.71. The number of carbonyl (C=O) groups excluding carboxylic acids is 2. The lowest BCUT2D eigenvalue weighted by Crippen LogP contribution is -2.23. The Morgan fingerprint density at radius 1 is 0.931 bits per heavy atom. The Hall–Kier alpha value is -3.88. The highest BCUT2D eigenvalue weighted by Crippen LogP contribution is 2.29. The second-order valence-electron chi connectivity index (χ2n) is 5.84. The lowest BCUT2D eigenvalue weighted by atomic mass is 10.1. The molecule has 0 bridgehead atoms. The quantitative estimate of drug-likeness (QED) is 0.607. The fourth-order valence-electron chi connectivity index (χ4n) is 2.61. The van der Waals surface area contributed by atoms with Crippen LogP contribution in [0.15, 0.2) is 55.1 Å². The molecule has 0 spiro atoms. The number of para-hydroxylation sites is 1. The molecule has 3 aromatic rings. The highest BCUT2D eigenvalue weighted by atomic mass is 16.5. The Kier molecular flexibility index (Phi) is 6.41. The summed E-state index contributed by atoms with van der Waals surface area (Å²) in [5, 5.41) is 10.0. The van der Waals surface area contributed by atoms with Crippen LogP contribution in [0.1, 0.15) is 34.6 Å². The molecule has 0 saturated heterocycles. The van der Waals surface area contributed by atoms with E-state index in [1.54, 1.807) is 42.5 Å². The largest absolute Gasteiger partial charge is 0.490 e. The summed E-state index contributed by atoms with van der Waals surface area (Å²) in [6, 6.07) is 11.6. The number of carbonyl (C=O) groups is 2. The third kappa shape index (κ3) is 4.89. The third-order valence-corrected chi connectivity index (χ3v) is 3.87. The van der Waals surface area contributed by atoms with Gasteiger partial charge in [0.05, 0.1) is 24.5 Å². The minimum absolute atomic E-state index is 0.297. The van der Waals surface area contributed by atoms with E-state index in [0.29, 0.717) is 41.5 Å². The zero-order chi connectivity index (χ0) is 20.6. The van der Waals surface area contributed by atoms with Crippen LogP contribution in [0.5, 0.6) is 11.5 Å². The van der Waals surface area contributed by atoms with E-state index in [4.69, 9.17) is 9.47 Å². The number of ether oxygens (including phenoxy) is 2. The first-order valence-electron chi connectivity index (χ1n) is 9.08. The van der Waals surface area contributed by atoms with E-state index >= 15 is 0 Å². The number of anilines is 1.